The van der Waals surface area contributed by atoms with E-state index in [9.17, 15) is 31.6 Å². The second-order valence-corrected chi connectivity index (χ2v) is 8.22. The predicted octanol–water partition coefficient (Wildman–Crippen LogP) is 2.67. The quantitative estimate of drug-likeness (QED) is 0.605. The number of benzene rings is 3. The first-order valence-corrected chi connectivity index (χ1v) is 10.1. The van der Waals surface area contributed by atoms with Gasteiger partial charge < -0.3 is 0 Å². The summed E-state index contributed by atoms with van der Waals surface area (Å²) < 4.78 is 0. The number of nitrogens with zero attached hydrogens (tertiary/aromatic N) is 6. The predicted molar refractivity (Wildman–Crippen MR) is 113 cm³/mol. The van der Waals surface area contributed by atoms with Gasteiger partial charge in [-0.05, 0) is 26.1 Å². The van der Waals surface area contributed by atoms with E-state index in [2.05, 4.69) is 18.2 Å². The summed E-state index contributed by atoms with van der Waals surface area (Å²) >= 11 is 0. The Kier molecular flexibility index (Phi) is 6.04. The van der Waals surface area contributed by atoms with Gasteiger partial charge in [0, 0.05) is 15.9 Å². The fraction of sp³-hybridized carbons (Fsp3) is 0. The summed E-state index contributed by atoms with van der Waals surface area (Å²) in [6, 6.07) is 26.7. The highest BCUT2D eigenvalue weighted by molar-refractivity contribution is 7.80. The third-order valence-electron chi connectivity index (χ3n) is 4.55. The lowest BCUT2D eigenvalue weighted by atomic mass is 10.1. The van der Waals surface area contributed by atoms with Gasteiger partial charge in [-0.3, -0.25) is 0 Å². The van der Waals surface area contributed by atoms with Crippen LogP contribution in [0.5, 0.6) is 0 Å². The van der Waals surface area contributed by atoms with Crippen LogP contribution in [-0.2, 0) is 0 Å². The molecule has 0 saturated carbocycles. The molecule has 3 rings (SSSR count). The Morgan fingerprint density at radius 2 is 0.710 bits per heavy atom. The van der Waals surface area contributed by atoms with Crippen molar-refractivity contribution in [1.29, 1.82) is 31.6 Å². The molecule has 0 aliphatic heterocycles. The third kappa shape index (κ3) is 3.56. The molecular formula is C24H9N6P. The lowest BCUT2D eigenvalue weighted by molar-refractivity contribution is 1.44. The Morgan fingerprint density at radius 3 is 0.935 bits per heavy atom. The van der Waals surface area contributed by atoms with Gasteiger partial charge in [-0.25, -0.2) is 0 Å². The zero-order valence-electron chi connectivity index (χ0n) is 15.8. The Labute approximate surface area is 180 Å². The van der Waals surface area contributed by atoms with Crippen LogP contribution in [0.25, 0.3) is 0 Å². The van der Waals surface area contributed by atoms with Gasteiger partial charge in [0.05, 0.1) is 33.4 Å². The van der Waals surface area contributed by atoms with Crippen molar-refractivity contribution >= 4 is 23.8 Å². The number of hydrogen-bond acceptors (Lipinski definition) is 6. The van der Waals surface area contributed by atoms with E-state index in [0.29, 0.717) is 15.9 Å². The molecule has 0 fully saturated rings. The van der Waals surface area contributed by atoms with Gasteiger partial charge in [-0.15, -0.1) is 0 Å². The zero-order chi connectivity index (χ0) is 22.4. The van der Waals surface area contributed by atoms with Crippen LogP contribution in [0, 0.1) is 68.0 Å². The molecule has 3 aromatic carbocycles. The van der Waals surface area contributed by atoms with Crippen LogP contribution in [0.15, 0.2) is 54.6 Å². The Hall–Kier alpha value is -4.97. The average Bonchev–Trinajstić information content (AvgIpc) is 2.83. The average molecular weight is 412 g/mol. The summed E-state index contributed by atoms with van der Waals surface area (Å²) in [5.41, 5.74) is 0.892. The molecule has 31 heavy (non-hydrogen) atoms. The second kappa shape index (κ2) is 9.02. The third-order valence-corrected chi connectivity index (χ3v) is 7.11. The Bertz CT molecular complexity index is 1280. The van der Waals surface area contributed by atoms with Crippen LogP contribution in [0.3, 0.4) is 0 Å². The molecule has 0 atom stereocenters. The first-order valence-electron chi connectivity index (χ1n) is 8.74. The molecule has 0 aliphatic rings. The number of nitriles is 6. The van der Waals surface area contributed by atoms with Crippen molar-refractivity contribution in [3.63, 3.8) is 0 Å². The van der Waals surface area contributed by atoms with E-state index in [1.54, 1.807) is 36.4 Å². The van der Waals surface area contributed by atoms with Gasteiger partial charge in [-0.2, -0.15) is 31.6 Å². The lowest BCUT2D eigenvalue weighted by Gasteiger charge is -2.23. The van der Waals surface area contributed by atoms with Crippen LogP contribution < -0.4 is 15.9 Å². The normalized spacial score (nSPS) is 9.39. The molecule has 140 valence electrons. The molecule has 7 heteroatoms. The monoisotopic (exact) mass is 412 g/mol. The SMILES string of the molecule is N#Cc1cccc(P(c2cccc(C#N)c2C#N)c2cccc(C#N)c2C#N)c1C#N. The van der Waals surface area contributed by atoms with E-state index in [1.165, 1.54) is 18.2 Å². The summed E-state index contributed by atoms with van der Waals surface area (Å²) in [5, 5.41) is 59.2. The molecule has 0 saturated heterocycles. The van der Waals surface area contributed by atoms with Gasteiger partial charge >= 0.3 is 0 Å². The van der Waals surface area contributed by atoms with Gasteiger partial charge in [0.2, 0.25) is 0 Å². The molecule has 0 aromatic heterocycles. The van der Waals surface area contributed by atoms with E-state index < -0.39 is 7.92 Å². The first kappa shape index (κ1) is 20.8. The second-order valence-electron chi connectivity index (χ2n) is 6.11. The highest BCUT2D eigenvalue weighted by Gasteiger charge is 2.28. The molecule has 0 spiro atoms. The van der Waals surface area contributed by atoms with Crippen LogP contribution in [-0.4, -0.2) is 0 Å². The largest absolute Gasteiger partial charge is 0.192 e. The Morgan fingerprint density at radius 1 is 0.419 bits per heavy atom. The molecule has 0 heterocycles. The van der Waals surface area contributed by atoms with E-state index in [0.717, 1.165) is 0 Å². The molecule has 6 nitrogen and oxygen atoms in total. The van der Waals surface area contributed by atoms with Gasteiger partial charge in [0.1, 0.15) is 36.4 Å². The van der Waals surface area contributed by atoms with Crippen LogP contribution >= 0.6 is 7.92 Å². The van der Waals surface area contributed by atoms with E-state index in [1.807, 2.05) is 18.2 Å². The Balaban J connectivity index is 2.53. The van der Waals surface area contributed by atoms with Crippen molar-refractivity contribution in [2.75, 3.05) is 0 Å². The van der Waals surface area contributed by atoms with Crippen molar-refractivity contribution in [3.05, 3.63) is 88.0 Å². The summed E-state index contributed by atoms with van der Waals surface area (Å²) in [4.78, 5) is 0. The summed E-state index contributed by atoms with van der Waals surface area (Å²) in [6.07, 6.45) is 0. The maximum absolute atomic E-state index is 9.80. The molecule has 0 unspecified atom stereocenters. The first-order chi connectivity index (χ1) is 15.1. The minimum atomic E-state index is -1.71. The maximum atomic E-state index is 9.80. The van der Waals surface area contributed by atoms with Crippen molar-refractivity contribution in [3.8, 4) is 36.4 Å². The van der Waals surface area contributed by atoms with Crippen LogP contribution in [0.4, 0.5) is 0 Å². The van der Waals surface area contributed by atoms with E-state index >= 15 is 0 Å². The van der Waals surface area contributed by atoms with E-state index in [4.69, 9.17) is 0 Å². The van der Waals surface area contributed by atoms with Gasteiger partial charge in [0.25, 0.3) is 0 Å². The molecular weight excluding hydrogens is 403 g/mol. The fourth-order valence-corrected chi connectivity index (χ4v) is 5.87. The van der Waals surface area contributed by atoms with Crippen LogP contribution in [0.1, 0.15) is 33.4 Å². The molecule has 3 aromatic rings. The van der Waals surface area contributed by atoms with Gasteiger partial charge in [0.15, 0.2) is 0 Å². The lowest BCUT2D eigenvalue weighted by Crippen LogP contribution is -2.27. The highest BCUT2D eigenvalue weighted by atomic mass is 31.1. The maximum Gasteiger partial charge on any atom is 0.101 e. The number of rotatable bonds is 3. The van der Waals surface area contributed by atoms with E-state index in [-0.39, 0.29) is 33.4 Å². The van der Waals surface area contributed by atoms with Crippen molar-refractivity contribution in [2.24, 2.45) is 0 Å². The standard InChI is InChI=1S/C24H9N6P/c25-10-16-4-1-7-22(19(16)13-28)31(23-8-2-5-17(11-26)20(23)14-29)24-9-3-6-18(12-27)21(24)15-30/h1-9H. The highest BCUT2D eigenvalue weighted by Crippen LogP contribution is 2.38. The van der Waals surface area contributed by atoms with Crippen LogP contribution in [0.2, 0.25) is 0 Å². The topological polar surface area (TPSA) is 143 Å². The fourth-order valence-electron chi connectivity index (χ4n) is 3.20. The molecule has 0 amide bonds. The smallest absolute Gasteiger partial charge is 0.101 e. The molecule has 0 bridgehead atoms. The molecule has 0 aliphatic carbocycles. The zero-order valence-corrected chi connectivity index (χ0v) is 16.7. The summed E-state index contributed by atoms with van der Waals surface area (Å²) in [5.74, 6) is 0. The van der Waals surface area contributed by atoms with Crippen molar-refractivity contribution < 1.29 is 0 Å². The van der Waals surface area contributed by atoms with Crippen molar-refractivity contribution in [2.45, 2.75) is 0 Å². The summed E-state index contributed by atoms with van der Waals surface area (Å²) in [7, 11) is -1.71. The summed E-state index contributed by atoms with van der Waals surface area (Å²) in [6.45, 7) is 0. The van der Waals surface area contributed by atoms with Crippen molar-refractivity contribution in [1.82, 2.24) is 0 Å². The molecule has 0 N–H and O–H groups in total. The minimum Gasteiger partial charge on any atom is -0.192 e. The number of hydrogen-bond donors (Lipinski definition) is 0. The molecule has 0 radical (unpaired) electrons. The van der Waals surface area contributed by atoms with Gasteiger partial charge in [-0.1, -0.05) is 36.4 Å². The minimum absolute atomic E-state index is 0.133.